The molecule has 32 heavy (non-hydrogen) atoms. The molecule has 0 saturated carbocycles. The van der Waals surface area contributed by atoms with Crippen LogP contribution in [0.3, 0.4) is 0 Å². The number of phenols is 1. The molecule has 0 radical (unpaired) electrons. The summed E-state index contributed by atoms with van der Waals surface area (Å²) in [4.78, 5) is 29.6. The molecule has 8 heteroatoms. The summed E-state index contributed by atoms with van der Waals surface area (Å²) in [5.41, 5.74) is 1.84. The summed E-state index contributed by atoms with van der Waals surface area (Å²) in [7, 11) is 0. The normalized spacial score (nSPS) is 14.8. The number of aromatic hydroxyl groups is 1. The van der Waals surface area contributed by atoms with Crippen molar-refractivity contribution in [1.82, 2.24) is 14.8 Å². The third kappa shape index (κ3) is 4.60. The third-order valence-electron chi connectivity index (χ3n) is 5.63. The van der Waals surface area contributed by atoms with Crippen LogP contribution in [-0.2, 0) is 4.79 Å². The molecular formula is C24H26N4O4. The van der Waals surface area contributed by atoms with Crippen LogP contribution >= 0.6 is 0 Å². The molecule has 1 aliphatic heterocycles. The molecule has 0 bridgehead atoms. The summed E-state index contributed by atoms with van der Waals surface area (Å²) in [6.07, 6.45) is 3.65. The number of piperazine rings is 1. The van der Waals surface area contributed by atoms with Gasteiger partial charge >= 0.3 is 0 Å². The molecule has 3 aromatic rings. The van der Waals surface area contributed by atoms with Gasteiger partial charge in [-0.2, -0.15) is 0 Å². The Balaban J connectivity index is 1.41. The number of carbonyl (C=O) groups excluding carboxylic acids is 2. The fourth-order valence-electron chi connectivity index (χ4n) is 3.84. The van der Waals surface area contributed by atoms with Gasteiger partial charge in [0.1, 0.15) is 11.8 Å². The first-order chi connectivity index (χ1) is 15.6. The van der Waals surface area contributed by atoms with Crippen molar-refractivity contribution in [3.63, 3.8) is 0 Å². The van der Waals surface area contributed by atoms with Crippen molar-refractivity contribution in [3.05, 3.63) is 78.6 Å². The lowest BCUT2D eigenvalue weighted by Crippen LogP contribution is -2.56. The van der Waals surface area contributed by atoms with Crippen molar-refractivity contribution >= 4 is 17.5 Å². The van der Waals surface area contributed by atoms with E-state index in [1.54, 1.807) is 21.6 Å². The average molecular weight is 434 g/mol. The number of para-hydroxylation sites is 1. The van der Waals surface area contributed by atoms with Crippen molar-refractivity contribution in [2.75, 3.05) is 37.7 Å². The largest absolute Gasteiger partial charge is 0.507 e. The molecule has 1 saturated heterocycles. The second-order valence-corrected chi connectivity index (χ2v) is 7.65. The zero-order chi connectivity index (χ0) is 22.5. The van der Waals surface area contributed by atoms with E-state index in [1.807, 2.05) is 54.9 Å². The van der Waals surface area contributed by atoms with Gasteiger partial charge in [-0.05, 0) is 42.5 Å². The van der Waals surface area contributed by atoms with Crippen molar-refractivity contribution in [2.24, 2.45) is 0 Å². The first kappa shape index (κ1) is 21.5. The molecule has 4 rings (SSSR count). The van der Waals surface area contributed by atoms with E-state index in [-0.39, 0.29) is 17.2 Å². The maximum Gasteiger partial charge on any atom is 0.255 e. The first-order valence-corrected chi connectivity index (χ1v) is 10.5. The van der Waals surface area contributed by atoms with Crippen LogP contribution in [0.5, 0.6) is 5.75 Å². The van der Waals surface area contributed by atoms with Crippen molar-refractivity contribution in [1.29, 1.82) is 0 Å². The topological polar surface area (TPSA) is 98.0 Å². The van der Waals surface area contributed by atoms with Crippen LogP contribution in [0.1, 0.15) is 10.4 Å². The number of hydrogen-bond donors (Lipinski definition) is 3. The van der Waals surface area contributed by atoms with Gasteiger partial charge in [-0.25, -0.2) is 0 Å². The fourth-order valence-corrected chi connectivity index (χ4v) is 3.84. The minimum atomic E-state index is -1.08. The first-order valence-electron chi connectivity index (χ1n) is 10.5. The number of aromatic nitrogens is 1. The molecule has 8 nitrogen and oxygen atoms in total. The lowest BCUT2D eigenvalue weighted by Gasteiger charge is -2.37. The lowest BCUT2D eigenvalue weighted by molar-refractivity contribution is -0.134. The van der Waals surface area contributed by atoms with Crippen LogP contribution in [0.15, 0.2) is 73.1 Å². The minimum Gasteiger partial charge on any atom is -0.507 e. The van der Waals surface area contributed by atoms with E-state index in [1.165, 1.54) is 6.07 Å². The highest BCUT2D eigenvalue weighted by molar-refractivity contribution is 6.00. The molecular weight excluding hydrogens is 408 g/mol. The molecule has 1 fully saturated rings. The number of nitrogens with zero attached hydrogens (tertiary/aromatic N) is 3. The number of aliphatic hydroxyl groups is 1. The highest BCUT2D eigenvalue weighted by Crippen LogP contribution is 2.21. The molecule has 2 aromatic carbocycles. The van der Waals surface area contributed by atoms with Crippen LogP contribution in [-0.4, -0.2) is 70.3 Å². The molecule has 2 heterocycles. The lowest BCUT2D eigenvalue weighted by atomic mass is 10.1. The van der Waals surface area contributed by atoms with Crippen LogP contribution in [0.2, 0.25) is 0 Å². The minimum absolute atomic E-state index is 0.0383. The summed E-state index contributed by atoms with van der Waals surface area (Å²) < 4.78 is 1.80. The quantitative estimate of drug-likeness (QED) is 0.548. The Labute approximate surface area is 186 Å². The number of aliphatic hydroxyl groups excluding tert-OH is 1. The predicted octanol–water partition coefficient (Wildman–Crippen LogP) is 1.62. The number of nitrogens with one attached hydrogen (secondary N) is 1. The van der Waals surface area contributed by atoms with E-state index in [4.69, 9.17) is 0 Å². The van der Waals surface area contributed by atoms with Gasteiger partial charge < -0.3 is 29.9 Å². The zero-order valence-corrected chi connectivity index (χ0v) is 17.6. The van der Waals surface area contributed by atoms with Gasteiger partial charge in [0, 0.05) is 49.9 Å². The van der Waals surface area contributed by atoms with E-state index >= 15 is 0 Å². The van der Waals surface area contributed by atoms with Crippen LogP contribution in [0, 0.1) is 0 Å². The Morgan fingerprint density at radius 3 is 2.25 bits per heavy atom. The Hall–Kier alpha value is -3.78. The highest BCUT2D eigenvalue weighted by Gasteiger charge is 2.29. The van der Waals surface area contributed by atoms with Crippen molar-refractivity contribution in [2.45, 2.75) is 6.04 Å². The second-order valence-electron chi connectivity index (χ2n) is 7.65. The summed E-state index contributed by atoms with van der Waals surface area (Å²) in [5, 5.41) is 22.5. The molecule has 3 N–H and O–H groups in total. The van der Waals surface area contributed by atoms with E-state index in [0.29, 0.717) is 31.9 Å². The van der Waals surface area contributed by atoms with Gasteiger partial charge in [0.2, 0.25) is 5.91 Å². The van der Waals surface area contributed by atoms with Gasteiger partial charge in [0.15, 0.2) is 0 Å². The second kappa shape index (κ2) is 9.57. The predicted molar refractivity (Wildman–Crippen MR) is 121 cm³/mol. The molecule has 166 valence electrons. The summed E-state index contributed by atoms with van der Waals surface area (Å²) in [6, 6.07) is 17.3. The molecule has 1 aliphatic rings. The zero-order valence-electron chi connectivity index (χ0n) is 17.6. The highest BCUT2D eigenvalue weighted by atomic mass is 16.3. The fraction of sp³-hybridized carbons (Fsp3) is 0.250. The van der Waals surface area contributed by atoms with E-state index in [9.17, 15) is 19.8 Å². The summed E-state index contributed by atoms with van der Waals surface area (Å²) >= 11 is 0. The maximum absolute atomic E-state index is 12.9. The number of benzene rings is 2. The van der Waals surface area contributed by atoms with E-state index in [0.717, 1.165) is 5.69 Å². The molecule has 0 spiro atoms. The van der Waals surface area contributed by atoms with Crippen LogP contribution < -0.4 is 10.2 Å². The van der Waals surface area contributed by atoms with Crippen LogP contribution in [0.25, 0.3) is 5.69 Å². The molecule has 1 atom stereocenters. The maximum atomic E-state index is 12.9. The number of amides is 2. The summed E-state index contributed by atoms with van der Waals surface area (Å²) in [5.74, 6) is -1.15. The van der Waals surface area contributed by atoms with Crippen LogP contribution in [0.4, 0.5) is 5.69 Å². The smallest absolute Gasteiger partial charge is 0.255 e. The number of carbonyl (C=O) groups is 2. The van der Waals surface area contributed by atoms with Gasteiger partial charge in [0.05, 0.1) is 12.2 Å². The van der Waals surface area contributed by atoms with Gasteiger partial charge in [-0.1, -0.05) is 18.2 Å². The number of phenolic OH excluding ortho intramolecular Hbond substituents is 1. The number of anilines is 1. The molecule has 0 aliphatic carbocycles. The molecule has 1 aromatic heterocycles. The molecule has 0 unspecified atom stereocenters. The van der Waals surface area contributed by atoms with Gasteiger partial charge in [-0.15, -0.1) is 0 Å². The number of hydrogen-bond acceptors (Lipinski definition) is 5. The van der Waals surface area contributed by atoms with Gasteiger partial charge in [0.25, 0.3) is 5.91 Å². The Bertz CT molecular complexity index is 1060. The van der Waals surface area contributed by atoms with E-state index in [2.05, 4.69) is 10.2 Å². The Morgan fingerprint density at radius 1 is 0.906 bits per heavy atom. The SMILES string of the molecule is O=C(N[C@@H](CO)C(=O)N1CCN(c2ccccc2)CC1)c1cc(-n2cccc2)ccc1O. The van der Waals surface area contributed by atoms with Crippen molar-refractivity contribution < 1.29 is 19.8 Å². The van der Waals surface area contributed by atoms with Gasteiger partial charge in [-0.3, -0.25) is 9.59 Å². The molecule has 2 amide bonds. The monoisotopic (exact) mass is 434 g/mol. The third-order valence-corrected chi connectivity index (χ3v) is 5.63. The van der Waals surface area contributed by atoms with Crippen molar-refractivity contribution in [3.8, 4) is 11.4 Å². The Morgan fingerprint density at radius 2 is 1.59 bits per heavy atom. The standard InChI is InChI=1S/C24H26N4O4/c29-17-21(24(32)28-14-12-27(13-15-28)18-6-2-1-3-7-18)25-23(31)20-16-19(8-9-22(20)30)26-10-4-5-11-26/h1-11,16,21,29-30H,12-15,17H2,(H,25,31)/t21-/m0/s1. The Kier molecular flexibility index (Phi) is 6.42. The summed E-state index contributed by atoms with van der Waals surface area (Å²) in [6.45, 7) is 1.80. The number of rotatable bonds is 6. The van der Waals surface area contributed by atoms with E-state index < -0.39 is 18.6 Å². The average Bonchev–Trinajstić information content (AvgIpc) is 3.38.